The predicted molar refractivity (Wildman–Crippen MR) is 75.8 cm³/mol. The van der Waals surface area contributed by atoms with Gasteiger partial charge in [0.05, 0.1) is 12.0 Å². The molecule has 0 aromatic carbocycles. The highest BCUT2D eigenvalue weighted by molar-refractivity contribution is 6.16. The smallest absolute Gasteiger partial charge is 0.238 e. The lowest BCUT2D eigenvalue weighted by Crippen LogP contribution is -2.49. The molecule has 21 heavy (non-hydrogen) atoms. The van der Waals surface area contributed by atoms with Crippen molar-refractivity contribution >= 4 is 23.5 Å². The summed E-state index contributed by atoms with van der Waals surface area (Å²) >= 11 is 0. The van der Waals surface area contributed by atoms with Gasteiger partial charge in [0.2, 0.25) is 17.7 Å². The Hall–Kier alpha value is -1.76. The van der Waals surface area contributed by atoms with E-state index >= 15 is 0 Å². The molecule has 1 heterocycles. The first-order valence-electron chi connectivity index (χ1n) is 7.08. The summed E-state index contributed by atoms with van der Waals surface area (Å²) in [4.78, 5) is 47.5. The molecule has 1 aliphatic heterocycles. The van der Waals surface area contributed by atoms with Gasteiger partial charge in [-0.15, -0.1) is 0 Å². The van der Waals surface area contributed by atoms with E-state index in [9.17, 15) is 19.2 Å². The van der Waals surface area contributed by atoms with Crippen molar-refractivity contribution in [3.05, 3.63) is 0 Å². The predicted octanol–water partition coefficient (Wildman–Crippen LogP) is -0.658. The average molecular weight is 297 g/mol. The lowest BCUT2D eigenvalue weighted by atomic mass is 9.85. The molecule has 4 atom stereocenters. The summed E-state index contributed by atoms with van der Waals surface area (Å²) in [7, 11) is 0. The number of Topliss-reactive ketones (excluding diaryl/α,β-unsaturated/α-hetero) is 1. The number of nitrogens with one attached hydrogen (secondary N) is 2. The van der Waals surface area contributed by atoms with Crippen LogP contribution in [0.2, 0.25) is 0 Å². The maximum Gasteiger partial charge on any atom is 0.238 e. The van der Waals surface area contributed by atoms with E-state index in [1.54, 1.807) is 20.8 Å². The Kier molecular flexibility index (Phi) is 5.60. The van der Waals surface area contributed by atoms with Crippen molar-refractivity contribution in [2.24, 2.45) is 23.5 Å². The van der Waals surface area contributed by atoms with E-state index in [0.717, 1.165) is 0 Å². The van der Waals surface area contributed by atoms with Crippen LogP contribution < -0.4 is 16.4 Å². The second kappa shape index (κ2) is 6.80. The van der Waals surface area contributed by atoms with Crippen LogP contribution in [-0.4, -0.2) is 35.6 Å². The number of imide groups is 1. The fraction of sp³-hybridized carbons (Fsp3) is 0.714. The van der Waals surface area contributed by atoms with Gasteiger partial charge in [0, 0.05) is 12.5 Å². The summed E-state index contributed by atoms with van der Waals surface area (Å²) in [5, 5.41) is 4.77. The maximum atomic E-state index is 12.5. The zero-order valence-corrected chi connectivity index (χ0v) is 12.8. The van der Waals surface area contributed by atoms with Crippen LogP contribution in [0.4, 0.5) is 0 Å². The highest BCUT2D eigenvalue weighted by Crippen LogP contribution is 2.23. The van der Waals surface area contributed by atoms with Gasteiger partial charge >= 0.3 is 0 Å². The van der Waals surface area contributed by atoms with Crippen LogP contribution in [0.25, 0.3) is 0 Å². The maximum absolute atomic E-state index is 12.5. The molecule has 0 bridgehead atoms. The fourth-order valence-corrected chi connectivity index (χ4v) is 2.35. The number of carbonyl (C=O) groups is 4. The largest absolute Gasteiger partial charge is 0.346 e. The van der Waals surface area contributed by atoms with Crippen LogP contribution in [0.3, 0.4) is 0 Å². The monoisotopic (exact) mass is 297 g/mol. The molecule has 0 radical (unpaired) electrons. The Morgan fingerprint density at radius 3 is 2.19 bits per heavy atom. The molecule has 4 N–H and O–H groups in total. The molecule has 7 heteroatoms. The number of hydrogen-bond acceptors (Lipinski definition) is 5. The minimum Gasteiger partial charge on any atom is -0.346 e. The Labute approximate surface area is 124 Å². The van der Waals surface area contributed by atoms with E-state index in [1.807, 2.05) is 0 Å². The van der Waals surface area contributed by atoms with E-state index in [2.05, 4.69) is 10.6 Å². The molecular weight excluding hydrogens is 274 g/mol. The summed E-state index contributed by atoms with van der Waals surface area (Å²) in [6.07, 6.45) is 0.0991. The van der Waals surface area contributed by atoms with E-state index in [0.29, 0.717) is 0 Å². The summed E-state index contributed by atoms with van der Waals surface area (Å²) < 4.78 is 0. The van der Waals surface area contributed by atoms with Gasteiger partial charge in [0.25, 0.3) is 0 Å². The van der Waals surface area contributed by atoms with Crippen LogP contribution in [0, 0.1) is 17.8 Å². The third-order valence-corrected chi connectivity index (χ3v) is 3.55. The van der Waals surface area contributed by atoms with Crippen molar-refractivity contribution in [3.8, 4) is 0 Å². The number of rotatable bonds is 6. The lowest BCUT2D eigenvalue weighted by molar-refractivity contribution is -0.137. The summed E-state index contributed by atoms with van der Waals surface area (Å²) in [6.45, 7) is 6.77. The highest BCUT2D eigenvalue weighted by Gasteiger charge is 2.46. The Morgan fingerprint density at radius 2 is 1.81 bits per heavy atom. The number of nitrogens with two attached hydrogens (primary N) is 1. The van der Waals surface area contributed by atoms with Gasteiger partial charge in [-0.1, -0.05) is 20.8 Å². The summed E-state index contributed by atoms with van der Waals surface area (Å²) in [6, 6.07) is -1.12. The standard InChI is InChI=1S/C14H23N3O4/c1-6(2)11(16-9(18)5-7(3)15)12(19)10-8(4)13(20)17-14(10)21/h6-8,10-11H,5,15H2,1-4H3,(H,16,18)(H,17,20,21)/t7-,8+,10-,11+/m1/s1. The van der Waals surface area contributed by atoms with E-state index in [1.165, 1.54) is 6.92 Å². The van der Waals surface area contributed by atoms with Gasteiger partial charge in [0.15, 0.2) is 5.78 Å². The van der Waals surface area contributed by atoms with Crippen molar-refractivity contribution < 1.29 is 19.2 Å². The lowest BCUT2D eigenvalue weighted by Gasteiger charge is -2.24. The van der Waals surface area contributed by atoms with Gasteiger partial charge in [-0.3, -0.25) is 24.5 Å². The molecule has 0 aromatic rings. The zero-order valence-electron chi connectivity index (χ0n) is 12.8. The molecule has 1 aliphatic rings. The molecule has 0 saturated carbocycles. The van der Waals surface area contributed by atoms with E-state index in [4.69, 9.17) is 5.73 Å². The Balaban J connectivity index is 2.86. The average Bonchev–Trinajstić information content (AvgIpc) is 2.58. The topological polar surface area (TPSA) is 118 Å². The molecule has 3 amide bonds. The first-order chi connectivity index (χ1) is 9.65. The van der Waals surface area contributed by atoms with Gasteiger partial charge in [-0.05, 0) is 12.8 Å². The molecule has 1 fully saturated rings. The first-order valence-corrected chi connectivity index (χ1v) is 7.08. The normalized spacial score (nSPS) is 24.7. The SMILES string of the molecule is CC(C)[C@H](NC(=O)C[C@@H](C)N)C(=O)[C@@H]1C(=O)NC(=O)[C@H]1C. The number of carbonyl (C=O) groups excluding carboxylic acids is 4. The van der Waals surface area contributed by atoms with E-state index in [-0.39, 0.29) is 24.3 Å². The molecule has 1 saturated heterocycles. The summed E-state index contributed by atoms with van der Waals surface area (Å²) in [5.41, 5.74) is 5.55. The van der Waals surface area contributed by atoms with Crippen LogP contribution >= 0.6 is 0 Å². The van der Waals surface area contributed by atoms with Crippen LogP contribution in [0.1, 0.15) is 34.1 Å². The second-order valence-corrected chi connectivity index (χ2v) is 5.99. The van der Waals surface area contributed by atoms with Crippen LogP contribution in [0.15, 0.2) is 0 Å². The molecule has 1 rings (SSSR count). The molecule has 0 aromatic heterocycles. The van der Waals surface area contributed by atoms with Gasteiger partial charge < -0.3 is 11.1 Å². The van der Waals surface area contributed by atoms with E-state index < -0.39 is 35.5 Å². The van der Waals surface area contributed by atoms with Crippen molar-refractivity contribution in [2.45, 2.75) is 46.2 Å². The highest BCUT2D eigenvalue weighted by atomic mass is 16.2. The van der Waals surface area contributed by atoms with Crippen molar-refractivity contribution in [1.29, 1.82) is 0 Å². The number of amides is 3. The van der Waals surface area contributed by atoms with Gasteiger partial charge in [0.1, 0.15) is 5.92 Å². The molecule has 0 unspecified atom stereocenters. The first kappa shape index (κ1) is 17.3. The fourth-order valence-electron chi connectivity index (χ4n) is 2.35. The minimum atomic E-state index is -1.04. The quantitative estimate of drug-likeness (QED) is 0.444. The number of hydrogen-bond donors (Lipinski definition) is 3. The van der Waals surface area contributed by atoms with Gasteiger partial charge in [-0.2, -0.15) is 0 Å². The van der Waals surface area contributed by atoms with Crippen LogP contribution in [0.5, 0.6) is 0 Å². The van der Waals surface area contributed by atoms with Gasteiger partial charge in [-0.25, -0.2) is 0 Å². The molecule has 0 aliphatic carbocycles. The van der Waals surface area contributed by atoms with Crippen LogP contribution in [-0.2, 0) is 19.2 Å². The molecule has 0 spiro atoms. The number of ketones is 1. The van der Waals surface area contributed by atoms with Crippen molar-refractivity contribution in [1.82, 2.24) is 10.6 Å². The third-order valence-electron chi connectivity index (χ3n) is 3.55. The molecule has 118 valence electrons. The molecular formula is C14H23N3O4. The van der Waals surface area contributed by atoms with Crippen molar-refractivity contribution in [3.63, 3.8) is 0 Å². The third kappa shape index (κ3) is 4.10. The Bertz CT molecular complexity index is 459. The minimum absolute atomic E-state index is 0.0991. The Morgan fingerprint density at radius 1 is 1.24 bits per heavy atom. The second-order valence-electron chi connectivity index (χ2n) is 5.99. The summed E-state index contributed by atoms with van der Waals surface area (Å²) in [5.74, 6) is -3.76. The van der Waals surface area contributed by atoms with Crippen molar-refractivity contribution in [2.75, 3.05) is 0 Å². The molecule has 7 nitrogen and oxygen atoms in total. The zero-order chi connectivity index (χ0) is 16.3.